The molecule has 0 spiro atoms. The molecule has 1 heterocycles. The summed E-state index contributed by atoms with van der Waals surface area (Å²) in [6, 6.07) is 18.5. The first-order valence-electron chi connectivity index (χ1n) is 11.2. The number of carbonyl (C=O) groups excluding carboxylic acids is 1. The highest BCUT2D eigenvalue weighted by Gasteiger charge is 2.30. The Morgan fingerprint density at radius 1 is 1.12 bits per heavy atom. The van der Waals surface area contributed by atoms with E-state index in [1.807, 2.05) is 56.3 Å². The van der Waals surface area contributed by atoms with Crippen LogP contribution in [-0.2, 0) is 4.79 Å². The van der Waals surface area contributed by atoms with E-state index in [0.717, 1.165) is 40.9 Å². The molecule has 168 valence electrons. The van der Waals surface area contributed by atoms with Gasteiger partial charge in [-0.1, -0.05) is 24.3 Å². The first-order chi connectivity index (χ1) is 15.9. The number of hydrogen-bond donors (Lipinski definition) is 1. The molecule has 0 radical (unpaired) electrons. The molecule has 1 atom stereocenters. The van der Waals surface area contributed by atoms with E-state index >= 15 is 0 Å². The van der Waals surface area contributed by atoms with Gasteiger partial charge in [-0.05, 0) is 75.1 Å². The van der Waals surface area contributed by atoms with Gasteiger partial charge in [-0.25, -0.2) is 9.37 Å². The Kier molecular flexibility index (Phi) is 5.36. The van der Waals surface area contributed by atoms with Gasteiger partial charge in [0, 0.05) is 17.7 Å². The van der Waals surface area contributed by atoms with Crippen LogP contribution in [0.25, 0.3) is 22.4 Å². The first kappa shape index (κ1) is 21.2. The average molecular weight is 444 g/mol. The van der Waals surface area contributed by atoms with Crippen LogP contribution in [0.4, 0.5) is 10.1 Å². The number of nitrogens with zero attached hydrogens (tertiary/aromatic N) is 2. The summed E-state index contributed by atoms with van der Waals surface area (Å²) in [7, 11) is 0. The van der Waals surface area contributed by atoms with E-state index in [9.17, 15) is 9.18 Å². The van der Waals surface area contributed by atoms with Crippen LogP contribution in [0.1, 0.15) is 36.9 Å². The van der Waals surface area contributed by atoms with Crippen LogP contribution < -0.4 is 10.1 Å². The third-order valence-electron chi connectivity index (χ3n) is 6.00. The molecule has 1 saturated carbocycles. The Bertz CT molecular complexity index is 1360. The van der Waals surface area contributed by atoms with Gasteiger partial charge in [-0.3, -0.25) is 4.79 Å². The summed E-state index contributed by atoms with van der Waals surface area (Å²) >= 11 is 0. The normalized spacial score (nSPS) is 14.3. The number of anilines is 1. The molecule has 0 bridgehead atoms. The predicted molar refractivity (Wildman–Crippen MR) is 128 cm³/mol. The molecule has 1 amide bonds. The molecule has 0 aliphatic heterocycles. The van der Waals surface area contributed by atoms with E-state index in [1.165, 1.54) is 12.1 Å². The first-order valence-corrected chi connectivity index (χ1v) is 11.2. The third kappa shape index (κ3) is 4.21. The summed E-state index contributed by atoms with van der Waals surface area (Å²) in [6.07, 6.45) is 1.44. The Balaban J connectivity index is 1.50. The smallest absolute Gasteiger partial charge is 0.265 e. The lowest BCUT2D eigenvalue weighted by Crippen LogP contribution is -2.30. The van der Waals surface area contributed by atoms with Gasteiger partial charge in [0.05, 0.1) is 16.7 Å². The molecule has 33 heavy (non-hydrogen) atoms. The van der Waals surface area contributed by atoms with Gasteiger partial charge in [-0.15, -0.1) is 0 Å². The molecule has 5 nitrogen and oxygen atoms in total. The highest BCUT2D eigenvalue weighted by Crippen LogP contribution is 2.43. The fraction of sp³-hybridized carbons (Fsp3) is 0.259. The molecule has 0 saturated heterocycles. The van der Waals surface area contributed by atoms with Crippen molar-refractivity contribution in [2.24, 2.45) is 0 Å². The monoisotopic (exact) mass is 443 g/mol. The quantitative estimate of drug-likeness (QED) is 0.386. The SMILES string of the molecule is Cc1cccc(O[C@H](C)C(=O)Nc2c(C)cccc2-c2nc3cc(F)ccc3n2C2CC2)c1. The van der Waals surface area contributed by atoms with Crippen molar-refractivity contribution < 1.29 is 13.9 Å². The number of carbonyl (C=O) groups is 1. The van der Waals surface area contributed by atoms with E-state index in [2.05, 4.69) is 9.88 Å². The van der Waals surface area contributed by atoms with Crippen molar-refractivity contribution >= 4 is 22.6 Å². The molecular formula is C27H26FN3O2. The van der Waals surface area contributed by atoms with Crippen LogP contribution in [0.15, 0.2) is 60.7 Å². The van der Waals surface area contributed by atoms with Crippen LogP contribution in [0.3, 0.4) is 0 Å². The average Bonchev–Trinajstić information content (AvgIpc) is 3.55. The molecule has 1 aromatic heterocycles. The topological polar surface area (TPSA) is 56.1 Å². The lowest BCUT2D eigenvalue weighted by Gasteiger charge is -2.19. The molecule has 3 aromatic carbocycles. The molecule has 4 aromatic rings. The zero-order valence-corrected chi connectivity index (χ0v) is 18.9. The van der Waals surface area contributed by atoms with E-state index < -0.39 is 6.10 Å². The largest absolute Gasteiger partial charge is 0.481 e. The number of halogens is 1. The third-order valence-corrected chi connectivity index (χ3v) is 6.00. The number of amides is 1. The summed E-state index contributed by atoms with van der Waals surface area (Å²) in [5.74, 6) is 0.839. The van der Waals surface area contributed by atoms with Crippen molar-refractivity contribution in [3.8, 4) is 17.1 Å². The number of nitrogens with one attached hydrogen (secondary N) is 1. The lowest BCUT2D eigenvalue weighted by atomic mass is 10.1. The fourth-order valence-corrected chi connectivity index (χ4v) is 4.16. The van der Waals surface area contributed by atoms with Gasteiger partial charge >= 0.3 is 0 Å². The second-order valence-corrected chi connectivity index (χ2v) is 8.73. The Labute approximate surface area is 192 Å². The fourth-order valence-electron chi connectivity index (χ4n) is 4.16. The second kappa shape index (κ2) is 8.35. The number of ether oxygens (including phenoxy) is 1. The van der Waals surface area contributed by atoms with Crippen molar-refractivity contribution in [1.82, 2.24) is 9.55 Å². The van der Waals surface area contributed by atoms with Crippen molar-refractivity contribution in [1.29, 1.82) is 0 Å². The summed E-state index contributed by atoms with van der Waals surface area (Å²) in [5, 5.41) is 3.06. The molecule has 6 heteroatoms. The van der Waals surface area contributed by atoms with Crippen LogP contribution in [0, 0.1) is 19.7 Å². The van der Waals surface area contributed by atoms with Gasteiger partial charge in [0.2, 0.25) is 0 Å². The number of benzene rings is 3. The van der Waals surface area contributed by atoms with Gasteiger partial charge in [0.15, 0.2) is 6.10 Å². The number of fused-ring (bicyclic) bond motifs is 1. The van der Waals surface area contributed by atoms with Gasteiger partial charge < -0.3 is 14.6 Å². The minimum atomic E-state index is -0.685. The molecule has 5 rings (SSSR count). The number of rotatable bonds is 6. The van der Waals surface area contributed by atoms with Gasteiger partial charge in [0.1, 0.15) is 17.4 Å². The maximum Gasteiger partial charge on any atom is 0.265 e. The number of para-hydroxylation sites is 1. The van der Waals surface area contributed by atoms with Crippen LogP contribution in [0.2, 0.25) is 0 Å². The summed E-state index contributed by atoms with van der Waals surface area (Å²) in [5.41, 5.74) is 5.02. The van der Waals surface area contributed by atoms with Crippen molar-refractivity contribution in [2.75, 3.05) is 5.32 Å². The summed E-state index contributed by atoms with van der Waals surface area (Å²) in [4.78, 5) is 17.8. The lowest BCUT2D eigenvalue weighted by molar-refractivity contribution is -0.122. The van der Waals surface area contributed by atoms with E-state index in [0.29, 0.717) is 23.0 Å². The zero-order valence-electron chi connectivity index (χ0n) is 18.9. The minimum absolute atomic E-state index is 0.243. The van der Waals surface area contributed by atoms with Gasteiger partial charge in [0.25, 0.3) is 5.91 Å². The van der Waals surface area contributed by atoms with Crippen molar-refractivity contribution in [2.45, 2.75) is 45.8 Å². The Morgan fingerprint density at radius 2 is 1.91 bits per heavy atom. The summed E-state index contributed by atoms with van der Waals surface area (Å²) < 4.78 is 21.9. The number of hydrogen-bond acceptors (Lipinski definition) is 3. The van der Waals surface area contributed by atoms with Crippen molar-refractivity contribution in [3.05, 3.63) is 77.6 Å². The molecule has 0 unspecified atom stereocenters. The standard InChI is InChI=1S/C27H26FN3O2/c1-16-6-4-8-21(14-16)33-18(3)27(32)30-25-17(2)7-5-9-22(25)26-29-23-15-19(28)10-13-24(23)31(26)20-11-12-20/h4-10,13-15,18,20H,11-12H2,1-3H3,(H,30,32)/t18-/m1/s1. The maximum atomic E-state index is 13.9. The molecule has 1 fully saturated rings. The number of aromatic nitrogens is 2. The second-order valence-electron chi connectivity index (χ2n) is 8.73. The molecule has 1 aliphatic rings. The highest BCUT2D eigenvalue weighted by molar-refractivity contribution is 5.99. The zero-order chi connectivity index (χ0) is 23.1. The van der Waals surface area contributed by atoms with E-state index in [1.54, 1.807) is 13.0 Å². The number of aryl methyl sites for hydroxylation is 2. The predicted octanol–water partition coefficient (Wildman–Crippen LogP) is 6.20. The molecular weight excluding hydrogens is 417 g/mol. The molecule has 1 N–H and O–H groups in total. The Morgan fingerprint density at radius 3 is 2.67 bits per heavy atom. The van der Waals surface area contributed by atoms with E-state index in [-0.39, 0.29) is 11.7 Å². The maximum absolute atomic E-state index is 13.9. The minimum Gasteiger partial charge on any atom is -0.481 e. The van der Waals surface area contributed by atoms with Gasteiger partial charge in [-0.2, -0.15) is 0 Å². The molecule has 1 aliphatic carbocycles. The Hall–Kier alpha value is -3.67. The van der Waals surface area contributed by atoms with E-state index in [4.69, 9.17) is 9.72 Å². The highest BCUT2D eigenvalue weighted by atomic mass is 19.1. The van der Waals surface area contributed by atoms with Crippen LogP contribution in [-0.4, -0.2) is 21.6 Å². The number of imidazole rings is 1. The summed E-state index contributed by atoms with van der Waals surface area (Å²) in [6.45, 7) is 5.67. The van der Waals surface area contributed by atoms with Crippen LogP contribution in [0.5, 0.6) is 5.75 Å². The van der Waals surface area contributed by atoms with Crippen molar-refractivity contribution in [3.63, 3.8) is 0 Å². The van der Waals surface area contributed by atoms with Crippen LogP contribution >= 0.6 is 0 Å².